The van der Waals surface area contributed by atoms with E-state index < -0.39 is 17.8 Å². The van der Waals surface area contributed by atoms with E-state index in [9.17, 15) is 27.6 Å². The van der Waals surface area contributed by atoms with Gasteiger partial charge in [0.2, 0.25) is 5.91 Å². The summed E-state index contributed by atoms with van der Waals surface area (Å²) in [6, 6.07) is 4.49. The third-order valence-electron chi connectivity index (χ3n) is 9.02. The molecule has 3 aliphatic rings. The molecule has 3 aromatic rings. The second-order valence-corrected chi connectivity index (χ2v) is 12.6. The Morgan fingerprint density at radius 2 is 1.70 bits per heavy atom. The lowest BCUT2D eigenvalue weighted by molar-refractivity contribution is -0.142. The second kappa shape index (κ2) is 13.4. The maximum atomic E-state index is 13.7. The molecule has 4 heterocycles. The van der Waals surface area contributed by atoms with Crippen molar-refractivity contribution in [3.8, 4) is 0 Å². The van der Waals surface area contributed by atoms with Crippen LogP contribution in [0, 0.1) is 5.92 Å². The van der Waals surface area contributed by atoms with Crippen LogP contribution in [0.5, 0.6) is 0 Å². The number of rotatable bonds is 7. The highest BCUT2D eigenvalue weighted by molar-refractivity contribution is 6.34. The molecule has 0 atom stereocenters. The fourth-order valence-electron chi connectivity index (χ4n) is 6.51. The summed E-state index contributed by atoms with van der Waals surface area (Å²) >= 11 is 6.46. The number of hydrogen-bond donors (Lipinski definition) is 3. The SMILES string of the molecule is O=C(Nc1ccc(C(=O)N2CCN(C(=O)C3CCNCC3)CC2)c(Cl)c1)c1ncc(Cc2cn(C3CCCC3)nc2C(F)(F)F)[nH]1. The predicted octanol–water partition coefficient (Wildman–Crippen LogP) is 4.52. The van der Waals surface area contributed by atoms with E-state index >= 15 is 0 Å². The number of benzene rings is 1. The topological polar surface area (TPSA) is 128 Å². The van der Waals surface area contributed by atoms with Gasteiger partial charge in [-0.3, -0.25) is 19.1 Å². The Hall–Kier alpha value is -3.91. The molecule has 15 heteroatoms. The zero-order chi connectivity index (χ0) is 32.4. The molecule has 2 aliphatic heterocycles. The molecule has 1 saturated carbocycles. The van der Waals surface area contributed by atoms with E-state index in [1.807, 2.05) is 4.90 Å². The van der Waals surface area contributed by atoms with E-state index in [2.05, 4.69) is 25.7 Å². The number of aromatic amines is 1. The number of H-pyrrole nitrogens is 1. The van der Waals surface area contributed by atoms with Crippen molar-refractivity contribution in [2.75, 3.05) is 44.6 Å². The third kappa shape index (κ3) is 7.07. The van der Waals surface area contributed by atoms with Crippen molar-refractivity contribution in [2.24, 2.45) is 5.92 Å². The largest absolute Gasteiger partial charge is 0.435 e. The van der Waals surface area contributed by atoms with Crippen molar-refractivity contribution in [1.82, 2.24) is 34.9 Å². The molecule has 11 nitrogen and oxygen atoms in total. The van der Waals surface area contributed by atoms with Crippen LogP contribution in [0.25, 0.3) is 0 Å². The molecule has 6 rings (SSSR count). The van der Waals surface area contributed by atoms with Crippen molar-refractivity contribution < 1.29 is 27.6 Å². The first-order valence-corrected chi connectivity index (χ1v) is 16.0. The molecule has 2 saturated heterocycles. The first-order chi connectivity index (χ1) is 22.1. The van der Waals surface area contributed by atoms with Crippen molar-refractivity contribution in [3.05, 3.63) is 64.0 Å². The Balaban J connectivity index is 1.05. The van der Waals surface area contributed by atoms with Crippen LogP contribution in [0.15, 0.2) is 30.6 Å². The van der Waals surface area contributed by atoms with Gasteiger partial charge in [-0.05, 0) is 57.0 Å². The van der Waals surface area contributed by atoms with E-state index in [-0.39, 0.29) is 52.2 Å². The summed E-state index contributed by atoms with van der Waals surface area (Å²) in [5, 5.41) is 9.94. The van der Waals surface area contributed by atoms with Gasteiger partial charge in [0.15, 0.2) is 11.5 Å². The number of hydrogen-bond acceptors (Lipinski definition) is 6. The first kappa shape index (κ1) is 32.0. The molecule has 246 valence electrons. The second-order valence-electron chi connectivity index (χ2n) is 12.1. The van der Waals surface area contributed by atoms with E-state index in [1.54, 1.807) is 11.0 Å². The Morgan fingerprint density at radius 3 is 2.37 bits per heavy atom. The highest BCUT2D eigenvalue weighted by Gasteiger charge is 2.38. The van der Waals surface area contributed by atoms with Gasteiger partial charge in [-0.1, -0.05) is 24.4 Å². The summed E-state index contributed by atoms with van der Waals surface area (Å²) in [5.41, 5.74) is 0.00243. The molecule has 0 unspecified atom stereocenters. The van der Waals surface area contributed by atoms with Crippen LogP contribution in [0.4, 0.5) is 18.9 Å². The minimum absolute atomic E-state index is 0.0110. The number of piperazine rings is 1. The van der Waals surface area contributed by atoms with Gasteiger partial charge in [0.25, 0.3) is 11.8 Å². The summed E-state index contributed by atoms with van der Waals surface area (Å²) in [5.74, 6) is -0.783. The van der Waals surface area contributed by atoms with E-state index in [1.165, 1.54) is 29.2 Å². The molecule has 3 fully saturated rings. The number of nitrogens with one attached hydrogen (secondary N) is 3. The van der Waals surface area contributed by atoms with Crippen LogP contribution in [0.1, 0.15) is 82.5 Å². The average Bonchev–Trinajstić information content (AvgIpc) is 3.83. The minimum atomic E-state index is -4.60. The lowest BCUT2D eigenvalue weighted by Gasteiger charge is -2.37. The van der Waals surface area contributed by atoms with Crippen molar-refractivity contribution in [2.45, 2.75) is 57.2 Å². The van der Waals surface area contributed by atoms with E-state index in [4.69, 9.17) is 11.6 Å². The standard InChI is InChI=1S/C31H36ClF3N8O3/c32-25-16-21(5-6-24(25)30(46)42-13-11-41(12-14-42)29(45)19-7-9-36-10-8-19)39-28(44)27-37-17-22(38-27)15-20-18-43(23-3-1-2-4-23)40-26(20)31(33,34)35/h5-6,16-19,23,36H,1-4,7-15H2,(H,37,38)(H,39,44). The number of nitrogens with zero attached hydrogens (tertiary/aromatic N) is 5. The normalized spacial score (nSPS) is 18.3. The number of aromatic nitrogens is 4. The molecule has 3 N–H and O–H groups in total. The average molecular weight is 661 g/mol. The van der Waals surface area contributed by atoms with Crippen LogP contribution in [0.3, 0.4) is 0 Å². The van der Waals surface area contributed by atoms with Gasteiger partial charge in [0, 0.05) is 67.9 Å². The van der Waals surface area contributed by atoms with E-state index in [0.29, 0.717) is 37.6 Å². The number of alkyl halides is 3. The summed E-state index contributed by atoms with van der Waals surface area (Å²) in [6.07, 6.45) is 3.22. The number of halogens is 4. The van der Waals surface area contributed by atoms with Crippen LogP contribution < -0.4 is 10.6 Å². The quantitative estimate of drug-likeness (QED) is 0.342. The fourth-order valence-corrected chi connectivity index (χ4v) is 6.77. The first-order valence-electron chi connectivity index (χ1n) is 15.7. The van der Waals surface area contributed by atoms with Gasteiger partial charge >= 0.3 is 6.18 Å². The smallest absolute Gasteiger partial charge is 0.339 e. The fraction of sp³-hybridized carbons (Fsp3) is 0.516. The highest BCUT2D eigenvalue weighted by Crippen LogP contribution is 2.35. The Bertz CT molecular complexity index is 1590. The Morgan fingerprint density at radius 1 is 1.00 bits per heavy atom. The summed E-state index contributed by atoms with van der Waals surface area (Å²) in [6.45, 7) is 3.41. The lowest BCUT2D eigenvalue weighted by atomic mass is 9.96. The van der Waals surface area contributed by atoms with Gasteiger partial charge in [-0.2, -0.15) is 18.3 Å². The number of carbonyl (C=O) groups is 3. The maximum Gasteiger partial charge on any atom is 0.435 e. The van der Waals surface area contributed by atoms with Crippen molar-refractivity contribution >= 4 is 35.0 Å². The molecule has 1 aromatic carbocycles. The summed E-state index contributed by atoms with van der Waals surface area (Å²) < 4.78 is 42.6. The van der Waals surface area contributed by atoms with Gasteiger partial charge in [-0.25, -0.2) is 4.98 Å². The number of imidazole rings is 1. The van der Waals surface area contributed by atoms with Crippen LogP contribution >= 0.6 is 11.6 Å². The van der Waals surface area contributed by atoms with Crippen LogP contribution in [-0.2, 0) is 17.4 Å². The Kier molecular flexibility index (Phi) is 9.37. The number of carbonyl (C=O) groups excluding carboxylic acids is 3. The monoisotopic (exact) mass is 660 g/mol. The molecule has 0 radical (unpaired) electrons. The van der Waals surface area contributed by atoms with Gasteiger partial charge in [0.05, 0.1) is 16.6 Å². The highest BCUT2D eigenvalue weighted by atomic mass is 35.5. The molecular formula is C31H36ClF3N8O3. The number of piperidine rings is 1. The Labute approximate surface area is 268 Å². The van der Waals surface area contributed by atoms with Gasteiger partial charge in [0.1, 0.15) is 0 Å². The molecule has 3 amide bonds. The minimum Gasteiger partial charge on any atom is -0.339 e. The van der Waals surface area contributed by atoms with Gasteiger partial charge in [-0.15, -0.1) is 0 Å². The predicted molar refractivity (Wildman–Crippen MR) is 164 cm³/mol. The number of anilines is 1. The molecule has 0 bridgehead atoms. The zero-order valence-corrected chi connectivity index (χ0v) is 26.0. The maximum absolute atomic E-state index is 13.7. The zero-order valence-electron chi connectivity index (χ0n) is 25.2. The van der Waals surface area contributed by atoms with Crippen molar-refractivity contribution in [3.63, 3.8) is 0 Å². The lowest BCUT2D eigenvalue weighted by Crippen LogP contribution is -2.52. The third-order valence-corrected chi connectivity index (χ3v) is 9.34. The van der Waals surface area contributed by atoms with Crippen LogP contribution in [0.2, 0.25) is 5.02 Å². The molecule has 0 spiro atoms. The summed E-state index contributed by atoms with van der Waals surface area (Å²) in [4.78, 5) is 49.3. The number of amides is 3. The van der Waals surface area contributed by atoms with Gasteiger partial charge < -0.3 is 25.4 Å². The molecular weight excluding hydrogens is 625 g/mol. The summed E-state index contributed by atoms with van der Waals surface area (Å²) in [7, 11) is 0. The molecule has 1 aliphatic carbocycles. The van der Waals surface area contributed by atoms with Crippen molar-refractivity contribution in [1.29, 1.82) is 0 Å². The van der Waals surface area contributed by atoms with Crippen LogP contribution in [-0.4, -0.2) is 86.5 Å². The molecule has 2 aromatic heterocycles. The molecule has 46 heavy (non-hydrogen) atoms. The van der Waals surface area contributed by atoms with E-state index in [0.717, 1.165) is 51.6 Å².